The molecule has 1 heterocycles. The van der Waals surface area contributed by atoms with Crippen LogP contribution < -0.4 is 15.2 Å². The van der Waals surface area contributed by atoms with Crippen LogP contribution in [0, 0.1) is 0 Å². The Morgan fingerprint density at radius 1 is 0.800 bits per heavy atom. The van der Waals surface area contributed by atoms with Crippen molar-refractivity contribution < 1.29 is 4.74 Å². The van der Waals surface area contributed by atoms with Crippen LogP contribution in [0.5, 0.6) is 5.75 Å². The van der Waals surface area contributed by atoms with Gasteiger partial charge < -0.3 is 4.74 Å². The summed E-state index contributed by atoms with van der Waals surface area (Å²) in [5.74, 6) is 0.869. The molecule has 25 heavy (non-hydrogen) atoms. The summed E-state index contributed by atoms with van der Waals surface area (Å²) in [6.07, 6.45) is 2.27. The minimum Gasteiger partial charge on any atom is -0.497 e. The first-order valence-electron chi connectivity index (χ1n) is 8.38. The molecule has 0 amide bonds. The molecule has 1 atom stereocenters. The van der Waals surface area contributed by atoms with Crippen molar-refractivity contribution >= 4 is 11.4 Å². The molecule has 0 bridgehead atoms. The number of methoxy groups -OCH3 is 1. The van der Waals surface area contributed by atoms with Gasteiger partial charge in [-0.1, -0.05) is 60.7 Å². The summed E-state index contributed by atoms with van der Waals surface area (Å²) in [5, 5.41) is 2.16. The molecule has 1 aliphatic heterocycles. The minimum atomic E-state index is 0.112. The van der Waals surface area contributed by atoms with Gasteiger partial charge in [-0.2, -0.15) is 0 Å². The highest BCUT2D eigenvalue weighted by atomic mass is 16.5. The van der Waals surface area contributed by atoms with Crippen molar-refractivity contribution in [1.29, 1.82) is 0 Å². The SMILES string of the molecule is COc1ccc(C2C=C(c3ccccc3)N(c3ccccc3)N2)cc1. The number of hydrogen-bond donors (Lipinski definition) is 1. The third-order valence-electron chi connectivity index (χ3n) is 4.39. The molecule has 3 aromatic carbocycles. The number of nitrogens with one attached hydrogen (secondary N) is 1. The molecule has 1 N–H and O–H groups in total. The van der Waals surface area contributed by atoms with Crippen molar-refractivity contribution in [2.45, 2.75) is 6.04 Å². The lowest BCUT2D eigenvalue weighted by molar-refractivity contribution is 0.414. The van der Waals surface area contributed by atoms with Gasteiger partial charge in [-0.3, -0.25) is 5.01 Å². The monoisotopic (exact) mass is 328 g/mol. The number of anilines is 1. The molecule has 0 spiro atoms. The average Bonchev–Trinajstić information content (AvgIpc) is 3.15. The van der Waals surface area contributed by atoms with E-state index in [1.807, 2.05) is 24.3 Å². The molecule has 124 valence electrons. The lowest BCUT2D eigenvalue weighted by Crippen LogP contribution is -2.33. The topological polar surface area (TPSA) is 24.5 Å². The van der Waals surface area contributed by atoms with E-state index in [2.05, 4.69) is 77.2 Å². The smallest absolute Gasteiger partial charge is 0.118 e. The summed E-state index contributed by atoms with van der Waals surface area (Å²) in [7, 11) is 1.69. The first kappa shape index (κ1) is 15.5. The minimum absolute atomic E-state index is 0.112. The van der Waals surface area contributed by atoms with Crippen LogP contribution in [-0.4, -0.2) is 7.11 Å². The molecule has 0 radical (unpaired) electrons. The van der Waals surface area contributed by atoms with Crippen LogP contribution in [0.15, 0.2) is 91.0 Å². The van der Waals surface area contributed by atoms with Crippen molar-refractivity contribution in [2.24, 2.45) is 0 Å². The molecule has 0 saturated carbocycles. The predicted molar refractivity (Wildman–Crippen MR) is 102 cm³/mol. The molecular weight excluding hydrogens is 308 g/mol. The van der Waals surface area contributed by atoms with Gasteiger partial charge in [-0.25, -0.2) is 5.43 Å². The maximum atomic E-state index is 5.27. The van der Waals surface area contributed by atoms with Gasteiger partial charge in [0.1, 0.15) is 5.75 Å². The van der Waals surface area contributed by atoms with Crippen LogP contribution in [0.25, 0.3) is 5.70 Å². The van der Waals surface area contributed by atoms with E-state index in [0.29, 0.717) is 0 Å². The van der Waals surface area contributed by atoms with Crippen LogP contribution in [0.1, 0.15) is 17.2 Å². The Bertz CT molecular complexity index is 858. The van der Waals surface area contributed by atoms with Gasteiger partial charge >= 0.3 is 0 Å². The van der Waals surface area contributed by atoms with E-state index >= 15 is 0 Å². The standard InChI is InChI=1S/C22H20N2O/c1-25-20-14-12-17(13-15-20)21-16-22(18-8-4-2-5-9-18)24(23-21)19-10-6-3-7-11-19/h2-16,21,23H,1H3. The quantitative estimate of drug-likeness (QED) is 0.744. The first-order valence-corrected chi connectivity index (χ1v) is 8.38. The second-order valence-corrected chi connectivity index (χ2v) is 5.97. The Kier molecular flexibility index (Phi) is 4.23. The zero-order chi connectivity index (χ0) is 17.1. The number of nitrogens with zero attached hydrogens (tertiary/aromatic N) is 1. The van der Waals surface area contributed by atoms with Gasteiger partial charge in [0.25, 0.3) is 0 Å². The molecule has 0 saturated heterocycles. The number of hydrazine groups is 1. The Morgan fingerprint density at radius 2 is 1.44 bits per heavy atom. The summed E-state index contributed by atoms with van der Waals surface area (Å²) in [4.78, 5) is 0. The van der Waals surface area contributed by atoms with E-state index in [1.54, 1.807) is 7.11 Å². The summed E-state index contributed by atoms with van der Waals surface area (Å²) < 4.78 is 5.27. The summed E-state index contributed by atoms with van der Waals surface area (Å²) >= 11 is 0. The van der Waals surface area contributed by atoms with Gasteiger partial charge in [-0.15, -0.1) is 0 Å². The zero-order valence-electron chi connectivity index (χ0n) is 14.1. The van der Waals surface area contributed by atoms with E-state index in [1.165, 1.54) is 11.1 Å². The number of para-hydroxylation sites is 1. The van der Waals surface area contributed by atoms with Crippen LogP contribution >= 0.6 is 0 Å². The number of benzene rings is 3. The second-order valence-electron chi connectivity index (χ2n) is 5.97. The van der Waals surface area contributed by atoms with Gasteiger partial charge in [0.2, 0.25) is 0 Å². The van der Waals surface area contributed by atoms with Crippen LogP contribution in [0.4, 0.5) is 5.69 Å². The molecule has 0 aromatic heterocycles. The highest BCUT2D eigenvalue weighted by molar-refractivity contribution is 5.81. The molecule has 0 aliphatic carbocycles. The fraction of sp³-hybridized carbons (Fsp3) is 0.0909. The van der Waals surface area contributed by atoms with E-state index in [-0.39, 0.29) is 6.04 Å². The summed E-state index contributed by atoms with van der Waals surface area (Å²) in [6, 6.07) is 29.1. The number of rotatable bonds is 4. The lowest BCUT2D eigenvalue weighted by atomic mass is 10.1. The third-order valence-corrected chi connectivity index (χ3v) is 4.39. The second kappa shape index (κ2) is 6.83. The molecule has 3 nitrogen and oxygen atoms in total. The highest BCUT2D eigenvalue weighted by Gasteiger charge is 2.26. The largest absolute Gasteiger partial charge is 0.497 e. The number of hydrogen-bond acceptors (Lipinski definition) is 3. The molecule has 1 unspecified atom stereocenters. The first-order chi connectivity index (χ1) is 12.3. The van der Waals surface area contributed by atoms with Gasteiger partial charge in [0, 0.05) is 0 Å². The Hall–Kier alpha value is -3.04. The third kappa shape index (κ3) is 3.14. The Balaban J connectivity index is 1.72. The molecule has 3 heteroatoms. The number of ether oxygens (including phenoxy) is 1. The maximum absolute atomic E-state index is 5.27. The summed E-state index contributed by atoms with van der Waals surface area (Å²) in [5.41, 5.74) is 8.28. The van der Waals surface area contributed by atoms with Crippen LogP contribution in [0.3, 0.4) is 0 Å². The van der Waals surface area contributed by atoms with Gasteiger partial charge in [0.15, 0.2) is 0 Å². The van der Waals surface area contributed by atoms with Crippen molar-refractivity contribution in [1.82, 2.24) is 5.43 Å². The molecule has 0 fully saturated rings. The van der Waals surface area contributed by atoms with E-state index in [4.69, 9.17) is 4.74 Å². The van der Waals surface area contributed by atoms with Crippen molar-refractivity contribution in [3.05, 3.63) is 102 Å². The maximum Gasteiger partial charge on any atom is 0.118 e. The molecular formula is C22H20N2O. The molecule has 3 aromatic rings. The van der Waals surface area contributed by atoms with E-state index < -0.39 is 0 Å². The molecule has 1 aliphatic rings. The van der Waals surface area contributed by atoms with Crippen molar-refractivity contribution in [3.63, 3.8) is 0 Å². The van der Waals surface area contributed by atoms with Crippen LogP contribution in [-0.2, 0) is 0 Å². The van der Waals surface area contributed by atoms with E-state index in [0.717, 1.165) is 17.1 Å². The average molecular weight is 328 g/mol. The van der Waals surface area contributed by atoms with Crippen molar-refractivity contribution in [3.8, 4) is 5.75 Å². The van der Waals surface area contributed by atoms with Gasteiger partial charge in [0.05, 0.1) is 24.5 Å². The highest BCUT2D eigenvalue weighted by Crippen LogP contribution is 2.34. The zero-order valence-corrected chi connectivity index (χ0v) is 14.1. The predicted octanol–water partition coefficient (Wildman–Crippen LogP) is 4.80. The fourth-order valence-electron chi connectivity index (χ4n) is 3.09. The Morgan fingerprint density at radius 3 is 2.08 bits per heavy atom. The van der Waals surface area contributed by atoms with Crippen molar-refractivity contribution in [2.75, 3.05) is 12.1 Å². The normalized spacial score (nSPS) is 16.6. The van der Waals surface area contributed by atoms with E-state index in [9.17, 15) is 0 Å². The fourth-order valence-corrected chi connectivity index (χ4v) is 3.09. The molecule has 4 rings (SSSR count). The van der Waals surface area contributed by atoms with Crippen LogP contribution in [0.2, 0.25) is 0 Å². The lowest BCUT2D eigenvalue weighted by Gasteiger charge is -2.24. The Labute approximate surface area is 148 Å². The van der Waals surface area contributed by atoms with Gasteiger partial charge in [-0.05, 0) is 41.5 Å². The summed E-state index contributed by atoms with van der Waals surface area (Å²) in [6.45, 7) is 0.